The van der Waals surface area contributed by atoms with Crippen LogP contribution in [0.3, 0.4) is 0 Å². The van der Waals surface area contributed by atoms with E-state index in [0.29, 0.717) is 23.8 Å². The van der Waals surface area contributed by atoms with Crippen molar-refractivity contribution in [2.45, 2.75) is 299 Å². The van der Waals surface area contributed by atoms with Gasteiger partial charge in [-0.3, -0.25) is 4.79 Å². The third kappa shape index (κ3) is 12.3. The van der Waals surface area contributed by atoms with Crippen molar-refractivity contribution in [1.82, 2.24) is 5.32 Å². The number of fused-ring (bicyclic) bond motifs is 2. The summed E-state index contributed by atoms with van der Waals surface area (Å²) in [5.41, 5.74) is 0.0783. The molecule has 6 saturated heterocycles. The van der Waals surface area contributed by atoms with Crippen LogP contribution in [0.1, 0.15) is 127 Å². The molecule has 5 aliphatic carbocycles. The van der Waals surface area contributed by atoms with E-state index in [-0.39, 0.29) is 51.4 Å². The summed E-state index contributed by atoms with van der Waals surface area (Å²) in [5.74, 6) is 0.372. The Kier molecular flexibility index (Phi) is 21.2. The van der Waals surface area contributed by atoms with E-state index in [1.165, 1.54) is 13.8 Å². The predicted molar refractivity (Wildman–Crippen MR) is 322 cm³/mol. The van der Waals surface area contributed by atoms with Crippen molar-refractivity contribution < 1.29 is 133 Å². The molecule has 94 heavy (non-hydrogen) atoms. The van der Waals surface area contributed by atoms with Crippen molar-refractivity contribution in [2.75, 3.05) is 19.8 Å². The minimum absolute atomic E-state index is 0.0102. The van der Waals surface area contributed by atoms with Crippen LogP contribution < -0.4 is 5.32 Å². The van der Waals surface area contributed by atoms with Crippen LogP contribution in [-0.4, -0.2) is 275 Å². The van der Waals surface area contributed by atoms with E-state index < -0.39 is 197 Å². The van der Waals surface area contributed by atoms with Gasteiger partial charge in [-0.1, -0.05) is 59.8 Å². The molecule has 11 fully saturated rings. The van der Waals surface area contributed by atoms with Gasteiger partial charge in [0.2, 0.25) is 5.91 Å². The Morgan fingerprint density at radius 3 is 1.70 bits per heavy atom. The van der Waals surface area contributed by atoms with Crippen LogP contribution in [0, 0.1) is 56.7 Å². The highest BCUT2D eigenvalue weighted by atomic mass is 16.8. The van der Waals surface area contributed by atoms with Gasteiger partial charge in [0.25, 0.3) is 0 Å². The summed E-state index contributed by atoms with van der Waals surface area (Å²) in [6.45, 7) is 17.5. The molecule has 5 saturated carbocycles. The number of hydrogen-bond acceptors (Lipinski definition) is 27. The smallest absolute Gasteiger partial charge is 0.329 e. The molecule has 6 heterocycles. The molecule has 2 spiro atoms. The summed E-state index contributed by atoms with van der Waals surface area (Å²) < 4.78 is 67.3. The van der Waals surface area contributed by atoms with Crippen molar-refractivity contribution in [3.63, 3.8) is 0 Å². The van der Waals surface area contributed by atoms with Gasteiger partial charge in [-0.25, -0.2) is 4.79 Å². The summed E-state index contributed by atoms with van der Waals surface area (Å²) >= 11 is 0. The number of carbonyl (C=O) groups is 2. The second-order valence-electron chi connectivity index (χ2n) is 30.6. The third-order valence-corrected chi connectivity index (χ3v) is 25.5. The maximum absolute atomic E-state index is 13.2. The van der Waals surface area contributed by atoms with Gasteiger partial charge in [0.1, 0.15) is 122 Å². The van der Waals surface area contributed by atoms with Crippen LogP contribution in [0.5, 0.6) is 0 Å². The normalized spacial score (nSPS) is 53.7. The third-order valence-electron chi connectivity index (χ3n) is 25.5. The van der Waals surface area contributed by atoms with Gasteiger partial charge < -0.3 is 129 Å². The number of ether oxygens (including phenoxy) is 11. The summed E-state index contributed by atoms with van der Waals surface area (Å²) in [5, 5.41) is 158. The molecule has 536 valence electrons. The molecule has 11 rings (SSSR count). The molecular formula is C66H105NO27. The zero-order valence-electron chi connectivity index (χ0n) is 55.3. The molecule has 28 nitrogen and oxygen atoms in total. The van der Waals surface area contributed by atoms with Gasteiger partial charge in [0, 0.05) is 11.5 Å². The lowest BCUT2D eigenvalue weighted by Gasteiger charge is -2.63. The number of aliphatic hydroxyl groups excluding tert-OH is 14. The quantitative estimate of drug-likeness (QED) is 0.0311. The Hall–Kier alpha value is -2.54. The van der Waals surface area contributed by atoms with Gasteiger partial charge in [-0.05, 0) is 136 Å². The minimum Gasteiger partial charge on any atom is -0.461 e. The first kappa shape index (κ1) is 72.7. The number of aliphatic hydroxyl groups is 14. The molecule has 0 aromatic rings. The van der Waals surface area contributed by atoms with E-state index >= 15 is 0 Å². The van der Waals surface area contributed by atoms with E-state index in [4.69, 9.17) is 52.1 Å². The van der Waals surface area contributed by atoms with Crippen LogP contribution >= 0.6 is 0 Å². The van der Waals surface area contributed by atoms with E-state index in [0.717, 1.165) is 51.4 Å². The van der Waals surface area contributed by atoms with E-state index in [1.54, 1.807) is 6.92 Å². The summed E-state index contributed by atoms with van der Waals surface area (Å²) in [7, 11) is 0. The molecule has 1 unspecified atom stereocenters. The average molecular weight is 1340 g/mol. The van der Waals surface area contributed by atoms with Gasteiger partial charge in [-0.15, -0.1) is 0 Å². The fourth-order valence-corrected chi connectivity index (χ4v) is 19.4. The summed E-state index contributed by atoms with van der Waals surface area (Å²) in [4.78, 5) is 25.6. The highest BCUT2D eigenvalue weighted by molar-refractivity contribution is 5.96. The fourth-order valence-electron chi connectivity index (χ4n) is 19.4. The van der Waals surface area contributed by atoms with Gasteiger partial charge in [0.05, 0.1) is 38.1 Å². The number of esters is 1. The minimum atomic E-state index is -2.08. The van der Waals surface area contributed by atoms with Crippen LogP contribution in [0.25, 0.3) is 0 Å². The monoisotopic (exact) mass is 1340 g/mol. The number of nitrogens with one attached hydrogen (secondary N) is 1. The second-order valence-corrected chi connectivity index (χ2v) is 30.6. The first-order valence-corrected chi connectivity index (χ1v) is 34.0. The van der Waals surface area contributed by atoms with Crippen LogP contribution in [0.4, 0.5) is 0 Å². The van der Waals surface area contributed by atoms with Crippen molar-refractivity contribution in [2.24, 2.45) is 56.7 Å². The van der Waals surface area contributed by atoms with Crippen molar-refractivity contribution in [1.29, 1.82) is 0 Å². The number of rotatable bonds is 18. The van der Waals surface area contributed by atoms with Gasteiger partial charge in [-0.2, -0.15) is 0 Å². The molecule has 0 radical (unpaired) electrons. The highest BCUT2D eigenvalue weighted by Gasteiger charge is 2.82. The Morgan fingerprint density at radius 2 is 1.09 bits per heavy atom. The van der Waals surface area contributed by atoms with Crippen LogP contribution in [0.15, 0.2) is 23.8 Å². The van der Waals surface area contributed by atoms with E-state index in [2.05, 4.69) is 46.0 Å². The maximum Gasteiger partial charge on any atom is 0.329 e. The van der Waals surface area contributed by atoms with Crippen molar-refractivity contribution >= 4 is 11.9 Å². The van der Waals surface area contributed by atoms with E-state index in [1.807, 2.05) is 26.0 Å². The zero-order valence-corrected chi connectivity index (χ0v) is 55.3. The molecule has 28 heteroatoms. The predicted octanol–water partition coefficient (Wildman–Crippen LogP) is -1.83. The second kappa shape index (κ2) is 27.4. The van der Waals surface area contributed by atoms with Gasteiger partial charge >= 0.3 is 5.97 Å². The molecule has 0 aromatic heterocycles. The topological polar surface area (TPSA) is 431 Å². The molecule has 1 amide bonds. The maximum atomic E-state index is 13.2. The number of hydrogen-bond donors (Lipinski definition) is 15. The molecule has 15 N–H and O–H groups in total. The van der Waals surface area contributed by atoms with Crippen molar-refractivity contribution in [3.05, 3.63) is 23.8 Å². The lowest BCUT2D eigenvalue weighted by molar-refractivity contribution is -0.408. The molecule has 0 aromatic carbocycles. The van der Waals surface area contributed by atoms with Crippen LogP contribution in [-0.2, 0) is 61.7 Å². The lowest BCUT2D eigenvalue weighted by atomic mass is 9.42. The molecule has 11 aliphatic rings. The Morgan fingerprint density at radius 1 is 0.553 bits per heavy atom. The Bertz CT molecular complexity index is 2730. The highest BCUT2D eigenvalue weighted by Crippen LogP contribution is 2.89. The first-order chi connectivity index (χ1) is 44.2. The Labute approximate surface area is 547 Å². The molecule has 37 atom stereocenters. The number of cyclic esters (lactones) is 1. The SMILES string of the molecule is C/C(=C\C=C\[C@@H](C)[C@H]1CC[C@@]2(C)[C@@H]3CCC4C(C)(C)[C@@H](O[C@@H]5O[C@H](CO)[C@@H](O[C@@H]6O[C@@H](C)[C@H](O)[C@@H](O)[C@H]6O)[C@H](O)[C@H]5O[C@@H]5O[C@H](CO[C@@H]6O[C@H](CO)[C@@H](O)[C@H](O)[C@H]6O)[C@@H](O)[C@H](O)[C@H]5O[C@@H]5O[C@@H](C)[C@H](O)[C@@H](O)[C@H]5O)CC[C@@]45C[C@@]35CC[C@]12C)C(=O)N[C@@H]1C(=O)O[C@H](C)[C@@H]1C. The standard InChI is InChI=1S/C66H105NO27/c1-26(12-11-13-27(2)55(82)67-39-28(3)29(4)85-56(39)83)32-16-18-64(10)37-15-14-36-62(7,8)38(17-19-65(36)25-66(37,65)21-20-63(32,64)9)91-60-54(51(81)52(34(23-69)89-60)92-58-49(79)44(74)40(70)30(5)86-58)94-61-53(93-59-50(80)45(75)41(71)31(6)87-59)47(77)43(73)35(90-61)24-84-57-48(78)46(76)42(72)33(22-68)88-57/h11-13,26,28-54,57-61,68-81H,14-25H2,1-10H3,(H,67,82)/b12-11+,27-13+/t26-,28+,29-,30+,31+,32-,33-,34-,35-,36?,37+,38+,39+,40+,41+,42-,43-,44-,45-,46+,47+,48-,49-,50-,51+,52-,53-,54-,57-,58+,59+,60+,61+,63-,64+,65-,66+/m1/s1. The average Bonchev–Trinajstić information content (AvgIpc) is 1.46. The Balaban J connectivity index is 0.844. The summed E-state index contributed by atoms with van der Waals surface area (Å²) in [6, 6.07) is -0.690. The van der Waals surface area contributed by atoms with Crippen molar-refractivity contribution in [3.8, 4) is 0 Å². The molecular weight excluding hydrogens is 1240 g/mol. The van der Waals surface area contributed by atoms with Gasteiger partial charge in [0.15, 0.2) is 31.5 Å². The fraction of sp³-hybridized carbons (Fsp3) is 0.909. The first-order valence-electron chi connectivity index (χ1n) is 34.0. The largest absolute Gasteiger partial charge is 0.461 e. The van der Waals surface area contributed by atoms with E-state index in [9.17, 15) is 81.1 Å². The number of allylic oxidation sites excluding steroid dienone is 3. The molecule has 6 aliphatic heterocycles. The molecule has 0 bridgehead atoms. The summed E-state index contributed by atoms with van der Waals surface area (Å²) in [6.07, 6.45) is -29.5. The van der Waals surface area contributed by atoms with Crippen LogP contribution in [0.2, 0.25) is 0 Å². The number of amides is 1. The number of carbonyl (C=O) groups excluding carboxylic acids is 2. The lowest BCUT2D eigenvalue weighted by Crippen LogP contribution is -2.68. The zero-order chi connectivity index (χ0) is 68.4.